The van der Waals surface area contributed by atoms with E-state index in [1.165, 1.54) is 0 Å². The van der Waals surface area contributed by atoms with Gasteiger partial charge in [0.1, 0.15) is 0 Å². The minimum atomic E-state index is 0.958. The maximum Gasteiger partial charge on any atom is 0.0222 e. The van der Waals surface area contributed by atoms with Crippen molar-refractivity contribution in [3.8, 4) is 11.8 Å². The molecule has 7 heavy (non-hydrogen) atoms. The summed E-state index contributed by atoms with van der Waals surface area (Å²) in [6.45, 7) is 2.84. The molecular formula is C5H8IN. The zero-order valence-corrected chi connectivity index (χ0v) is 6.45. The smallest absolute Gasteiger partial charge is 0.0222 e. The highest BCUT2D eigenvalue weighted by molar-refractivity contribution is 14.1. The van der Waals surface area contributed by atoms with Crippen LogP contribution >= 0.6 is 22.9 Å². The molecule has 0 radical (unpaired) electrons. The van der Waals surface area contributed by atoms with Crippen molar-refractivity contribution in [1.82, 2.24) is 3.53 Å². The van der Waals surface area contributed by atoms with Crippen molar-refractivity contribution in [2.75, 3.05) is 6.54 Å². The first-order valence-corrected chi connectivity index (χ1v) is 3.22. The van der Waals surface area contributed by atoms with Crippen molar-refractivity contribution in [2.45, 2.75) is 13.3 Å². The SMILES string of the molecule is CC#CCCNI. The Morgan fingerprint density at radius 1 is 1.71 bits per heavy atom. The van der Waals surface area contributed by atoms with Crippen molar-refractivity contribution in [3.05, 3.63) is 0 Å². The first-order chi connectivity index (χ1) is 3.41. The molecule has 1 N–H and O–H groups in total. The minimum absolute atomic E-state index is 0.958. The van der Waals surface area contributed by atoms with Gasteiger partial charge in [-0.25, -0.2) is 0 Å². The molecule has 0 unspecified atom stereocenters. The molecule has 0 aliphatic rings. The number of hydrogen-bond donors (Lipinski definition) is 1. The summed E-state index contributed by atoms with van der Waals surface area (Å²) in [6.07, 6.45) is 0.958. The number of rotatable bonds is 2. The second-order valence-corrected chi connectivity index (χ2v) is 1.82. The Balaban J connectivity index is 2.78. The maximum absolute atomic E-state index is 2.97. The molecular weight excluding hydrogens is 201 g/mol. The van der Waals surface area contributed by atoms with Crippen molar-refractivity contribution in [2.24, 2.45) is 0 Å². The topological polar surface area (TPSA) is 12.0 Å². The summed E-state index contributed by atoms with van der Waals surface area (Å²) in [7, 11) is 0. The van der Waals surface area contributed by atoms with E-state index >= 15 is 0 Å². The van der Waals surface area contributed by atoms with Crippen molar-refractivity contribution < 1.29 is 0 Å². The van der Waals surface area contributed by atoms with Crippen molar-refractivity contribution in [1.29, 1.82) is 0 Å². The molecule has 0 aromatic carbocycles. The Morgan fingerprint density at radius 3 is 2.86 bits per heavy atom. The van der Waals surface area contributed by atoms with Gasteiger partial charge in [-0.05, 0) is 6.92 Å². The zero-order chi connectivity index (χ0) is 5.54. The van der Waals surface area contributed by atoms with Gasteiger partial charge in [-0.1, -0.05) is 0 Å². The Hall–Kier alpha value is 0.250. The highest BCUT2D eigenvalue weighted by atomic mass is 127. The molecule has 0 bridgehead atoms. The van der Waals surface area contributed by atoms with E-state index in [1.807, 2.05) is 6.92 Å². The van der Waals surface area contributed by atoms with Crippen LogP contribution in [-0.2, 0) is 0 Å². The lowest BCUT2D eigenvalue weighted by atomic mass is 10.4. The molecule has 0 saturated carbocycles. The second-order valence-electron chi connectivity index (χ2n) is 1.06. The predicted octanol–water partition coefficient (Wildman–Crippen LogP) is 1.34. The van der Waals surface area contributed by atoms with Gasteiger partial charge in [0.25, 0.3) is 0 Å². The summed E-state index contributed by atoms with van der Waals surface area (Å²) in [5.41, 5.74) is 0. The fourth-order valence-electron chi connectivity index (χ4n) is 0.235. The molecule has 0 aliphatic heterocycles. The Morgan fingerprint density at radius 2 is 2.43 bits per heavy atom. The van der Waals surface area contributed by atoms with Crippen LogP contribution in [0.4, 0.5) is 0 Å². The maximum atomic E-state index is 2.97. The summed E-state index contributed by atoms with van der Waals surface area (Å²) in [6, 6.07) is 0. The highest BCUT2D eigenvalue weighted by Gasteiger charge is 1.71. The van der Waals surface area contributed by atoms with E-state index in [9.17, 15) is 0 Å². The molecule has 0 rings (SSSR count). The van der Waals surface area contributed by atoms with Crippen LogP contribution in [0.3, 0.4) is 0 Å². The third kappa shape index (κ3) is 6.25. The Bertz CT molecular complexity index is 79.8. The van der Waals surface area contributed by atoms with E-state index in [4.69, 9.17) is 0 Å². The molecule has 0 fully saturated rings. The van der Waals surface area contributed by atoms with Gasteiger partial charge >= 0.3 is 0 Å². The lowest BCUT2D eigenvalue weighted by Gasteiger charge is -1.83. The highest BCUT2D eigenvalue weighted by Crippen LogP contribution is 1.73. The van der Waals surface area contributed by atoms with Gasteiger partial charge in [0.05, 0.1) is 0 Å². The molecule has 1 nitrogen and oxygen atoms in total. The van der Waals surface area contributed by atoms with Crippen LogP contribution in [0.1, 0.15) is 13.3 Å². The summed E-state index contributed by atoms with van der Waals surface area (Å²) in [4.78, 5) is 0. The predicted molar refractivity (Wildman–Crippen MR) is 40.1 cm³/mol. The van der Waals surface area contributed by atoms with Crippen molar-refractivity contribution in [3.63, 3.8) is 0 Å². The van der Waals surface area contributed by atoms with Crippen LogP contribution in [0.2, 0.25) is 0 Å². The molecule has 0 aromatic heterocycles. The van der Waals surface area contributed by atoms with E-state index < -0.39 is 0 Å². The van der Waals surface area contributed by atoms with Gasteiger partial charge in [-0.15, -0.1) is 11.8 Å². The summed E-state index contributed by atoms with van der Waals surface area (Å²) in [5.74, 6) is 5.74. The standard InChI is InChI=1S/C5H8IN/c1-2-3-4-5-7-6/h7H,4-5H2,1H3. The molecule has 40 valence electrons. The third-order valence-corrected chi connectivity index (χ3v) is 1.06. The van der Waals surface area contributed by atoms with Gasteiger partial charge in [0.15, 0.2) is 0 Å². The molecule has 0 amide bonds. The zero-order valence-electron chi connectivity index (χ0n) is 4.29. The van der Waals surface area contributed by atoms with Crippen molar-refractivity contribution >= 4 is 22.9 Å². The average Bonchev–Trinajstić information content (AvgIpc) is 1.69. The molecule has 0 aliphatic carbocycles. The summed E-state index contributed by atoms with van der Waals surface area (Å²) in [5, 5.41) is 0. The molecule has 2 heteroatoms. The van der Waals surface area contributed by atoms with E-state index in [-0.39, 0.29) is 0 Å². The fraction of sp³-hybridized carbons (Fsp3) is 0.600. The largest absolute Gasteiger partial charge is 0.260 e. The number of halogens is 1. The molecule has 0 aromatic rings. The van der Waals surface area contributed by atoms with Crippen LogP contribution in [0.5, 0.6) is 0 Å². The number of hydrogen-bond acceptors (Lipinski definition) is 1. The number of nitrogens with one attached hydrogen (secondary N) is 1. The normalized spacial score (nSPS) is 7.14. The molecule has 0 saturated heterocycles. The van der Waals surface area contributed by atoms with Gasteiger partial charge in [0, 0.05) is 35.8 Å². The van der Waals surface area contributed by atoms with Gasteiger partial charge < -0.3 is 0 Å². The van der Waals surface area contributed by atoms with E-state index in [1.54, 1.807) is 0 Å². The lowest BCUT2D eigenvalue weighted by molar-refractivity contribution is 0.987. The van der Waals surface area contributed by atoms with E-state index in [0.29, 0.717) is 0 Å². The van der Waals surface area contributed by atoms with Crippen LogP contribution < -0.4 is 3.53 Å². The van der Waals surface area contributed by atoms with Gasteiger partial charge in [-0.2, -0.15) is 0 Å². The second kappa shape index (κ2) is 6.25. The van der Waals surface area contributed by atoms with E-state index in [2.05, 4.69) is 38.2 Å². The lowest BCUT2D eigenvalue weighted by Crippen LogP contribution is -1.96. The summed E-state index contributed by atoms with van der Waals surface area (Å²) >= 11 is 2.11. The Labute approximate surface area is 58.4 Å². The monoisotopic (exact) mass is 209 g/mol. The summed E-state index contributed by atoms with van der Waals surface area (Å²) < 4.78 is 2.97. The first kappa shape index (κ1) is 7.25. The molecule has 0 spiro atoms. The quantitative estimate of drug-likeness (QED) is 0.313. The van der Waals surface area contributed by atoms with Crippen LogP contribution in [0.25, 0.3) is 0 Å². The van der Waals surface area contributed by atoms with Gasteiger partial charge in [-0.3, -0.25) is 3.53 Å². The average molecular weight is 209 g/mol. The molecule has 0 heterocycles. The van der Waals surface area contributed by atoms with Crippen LogP contribution in [0, 0.1) is 11.8 Å². The minimum Gasteiger partial charge on any atom is -0.260 e. The first-order valence-electron chi connectivity index (χ1n) is 2.15. The third-order valence-electron chi connectivity index (χ3n) is 0.521. The van der Waals surface area contributed by atoms with Crippen LogP contribution in [-0.4, -0.2) is 6.54 Å². The van der Waals surface area contributed by atoms with Crippen LogP contribution in [0.15, 0.2) is 0 Å². The molecule has 0 atom stereocenters. The fourth-order valence-corrected chi connectivity index (χ4v) is 0.504. The Kier molecular flexibility index (Phi) is 6.47. The van der Waals surface area contributed by atoms with Gasteiger partial charge in [0.2, 0.25) is 0 Å². The van der Waals surface area contributed by atoms with E-state index in [0.717, 1.165) is 13.0 Å².